The molecule has 2 aromatic rings. The quantitative estimate of drug-likeness (QED) is 0.429. The second-order valence-corrected chi connectivity index (χ2v) is 8.53. The van der Waals surface area contributed by atoms with E-state index in [0.29, 0.717) is 31.8 Å². The van der Waals surface area contributed by atoms with Crippen molar-refractivity contribution in [3.63, 3.8) is 0 Å². The number of esters is 2. The van der Waals surface area contributed by atoms with E-state index in [9.17, 15) is 14.4 Å². The molecule has 30 heavy (non-hydrogen) atoms. The van der Waals surface area contributed by atoms with Gasteiger partial charge in [-0.3, -0.25) is 9.59 Å². The van der Waals surface area contributed by atoms with Gasteiger partial charge in [-0.1, -0.05) is 42.5 Å². The van der Waals surface area contributed by atoms with Crippen LogP contribution >= 0.6 is 0 Å². The van der Waals surface area contributed by atoms with Crippen LogP contribution in [-0.4, -0.2) is 49.9 Å². The normalized spacial score (nSPS) is 25.4. The number of benzene rings is 2. The summed E-state index contributed by atoms with van der Waals surface area (Å²) in [5.74, 6) is -0.877. The number of methoxy groups -OCH3 is 1. The van der Waals surface area contributed by atoms with E-state index in [-0.39, 0.29) is 5.41 Å². The van der Waals surface area contributed by atoms with Crippen molar-refractivity contribution in [1.29, 1.82) is 0 Å². The molecule has 0 aromatic heterocycles. The van der Waals surface area contributed by atoms with Crippen molar-refractivity contribution in [2.75, 3.05) is 27.0 Å². The third kappa shape index (κ3) is 2.91. The molecule has 0 bridgehead atoms. The topological polar surface area (TPSA) is 82.1 Å². The molecule has 0 unspecified atom stereocenters. The minimum Gasteiger partial charge on any atom is -0.468 e. The molecule has 7 nitrogen and oxygen atoms in total. The lowest BCUT2D eigenvalue weighted by molar-refractivity contribution is -0.168. The SMILES string of the molecule is COC(=O)C1(C(=O)OCOC(=O)N2C[C@H]3C[C@@]3(c3ccc4ccccc4c3)C2)CC1. The van der Waals surface area contributed by atoms with Gasteiger partial charge in [0.15, 0.2) is 5.41 Å². The number of likely N-dealkylation sites (tertiary alicyclic amines) is 1. The molecular formula is C23H23NO6. The average Bonchev–Trinajstić information content (AvgIpc) is 3.69. The lowest BCUT2D eigenvalue weighted by Crippen LogP contribution is -2.35. The van der Waals surface area contributed by atoms with Crippen LogP contribution in [0.15, 0.2) is 42.5 Å². The molecule has 2 saturated carbocycles. The van der Waals surface area contributed by atoms with Gasteiger partial charge in [0.05, 0.1) is 7.11 Å². The van der Waals surface area contributed by atoms with Gasteiger partial charge in [-0.25, -0.2) is 4.79 Å². The zero-order valence-electron chi connectivity index (χ0n) is 16.8. The van der Waals surface area contributed by atoms with Crippen LogP contribution < -0.4 is 0 Å². The number of rotatable bonds is 5. The smallest absolute Gasteiger partial charge is 0.412 e. The van der Waals surface area contributed by atoms with Gasteiger partial charge in [-0.05, 0) is 41.5 Å². The lowest BCUT2D eigenvalue weighted by Gasteiger charge is -2.21. The Hall–Kier alpha value is -3.09. The zero-order chi connectivity index (χ0) is 20.9. The molecule has 0 N–H and O–H groups in total. The number of carbonyl (C=O) groups is 3. The standard InChI is InChI=1S/C23H23NO6/c1-28-19(25)22(8-9-22)20(26)29-14-30-21(27)24-12-18-11-23(18,13-24)17-7-6-15-4-2-3-5-16(15)10-17/h2-7,10,18H,8-9,11-14H2,1H3/t18-,23+/m1/s1. The van der Waals surface area contributed by atoms with E-state index >= 15 is 0 Å². The maximum atomic E-state index is 12.5. The van der Waals surface area contributed by atoms with Crippen molar-refractivity contribution in [1.82, 2.24) is 4.90 Å². The number of piperidine rings is 1. The first-order chi connectivity index (χ1) is 14.5. The van der Waals surface area contributed by atoms with Crippen molar-refractivity contribution in [2.24, 2.45) is 11.3 Å². The van der Waals surface area contributed by atoms with E-state index in [0.717, 1.165) is 6.42 Å². The molecule has 0 radical (unpaired) electrons. The van der Waals surface area contributed by atoms with Crippen LogP contribution in [0.5, 0.6) is 0 Å². The Bertz CT molecular complexity index is 1040. The summed E-state index contributed by atoms with van der Waals surface area (Å²) in [7, 11) is 1.24. The van der Waals surface area contributed by atoms with Gasteiger partial charge in [-0.2, -0.15) is 0 Å². The third-order valence-corrected chi connectivity index (χ3v) is 6.82. The summed E-state index contributed by atoms with van der Waals surface area (Å²) < 4.78 is 14.8. The van der Waals surface area contributed by atoms with Gasteiger partial charge in [0.2, 0.25) is 6.79 Å². The summed E-state index contributed by atoms with van der Waals surface area (Å²) in [4.78, 5) is 37.9. The van der Waals surface area contributed by atoms with Gasteiger partial charge < -0.3 is 19.1 Å². The minimum atomic E-state index is -1.21. The Morgan fingerprint density at radius 3 is 2.53 bits per heavy atom. The summed E-state index contributed by atoms with van der Waals surface area (Å²) in [6.07, 6.45) is 1.35. The van der Waals surface area contributed by atoms with Gasteiger partial charge in [0.1, 0.15) is 0 Å². The Balaban J connectivity index is 1.18. The van der Waals surface area contributed by atoms with Crippen molar-refractivity contribution in [2.45, 2.75) is 24.7 Å². The predicted molar refractivity (Wildman–Crippen MR) is 106 cm³/mol. The van der Waals surface area contributed by atoms with Crippen molar-refractivity contribution < 1.29 is 28.6 Å². The molecule has 7 heteroatoms. The van der Waals surface area contributed by atoms with Crippen LogP contribution in [0.25, 0.3) is 10.8 Å². The van der Waals surface area contributed by atoms with E-state index in [2.05, 4.69) is 35.1 Å². The molecule has 2 aromatic carbocycles. The van der Waals surface area contributed by atoms with Crippen LogP contribution in [0, 0.1) is 11.3 Å². The van der Waals surface area contributed by atoms with Crippen molar-refractivity contribution in [3.8, 4) is 0 Å². The van der Waals surface area contributed by atoms with Crippen LogP contribution in [0.1, 0.15) is 24.8 Å². The first-order valence-electron chi connectivity index (χ1n) is 10.2. The monoisotopic (exact) mass is 409 g/mol. The van der Waals surface area contributed by atoms with Crippen molar-refractivity contribution >= 4 is 28.8 Å². The summed E-state index contributed by atoms with van der Waals surface area (Å²) in [6.45, 7) is 0.723. The first-order valence-corrected chi connectivity index (χ1v) is 10.2. The van der Waals surface area contributed by atoms with Crippen LogP contribution in [0.2, 0.25) is 0 Å². The minimum absolute atomic E-state index is 0.0112. The summed E-state index contributed by atoms with van der Waals surface area (Å²) >= 11 is 0. The van der Waals surface area contributed by atoms with E-state index in [1.165, 1.54) is 23.4 Å². The number of hydrogen-bond donors (Lipinski definition) is 0. The molecule has 0 spiro atoms. The van der Waals surface area contributed by atoms with E-state index in [1.54, 1.807) is 4.90 Å². The number of nitrogens with zero attached hydrogens (tertiary/aromatic N) is 1. The fourth-order valence-electron chi connectivity index (χ4n) is 4.74. The predicted octanol–water partition coefficient (Wildman–Crippen LogP) is 3.00. The Kier molecular flexibility index (Phi) is 4.24. The average molecular weight is 409 g/mol. The van der Waals surface area contributed by atoms with Gasteiger partial charge in [0.25, 0.3) is 0 Å². The molecule has 1 heterocycles. The highest BCUT2D eigenvalue weighted by Crippen LogP contribution is 2.59. The maximum Gasteiger partial charge on any atom is 0.412 e. The highest BCUT2D eigenvalue weighted by molar-refractivity contribution is 6.03. The zero-order valence-corrected chi connectivity index (χ0v) is 16.8. The molecule has 1 saturated heterocycles. The molecule has 156 valence electrons. The Labute approximate surface area is 173 Å². The van der Waals surface area contributed by atoms with Crippen LogP contribution in [0.3, 0.4) is 0 Å². The number of fused-ring (bicyclic) bond motifs is 2. The highest BCUT2D eigenvalue weighted by atomic mass is 16.7. The molecule has 3 fully saturated rings. The summed E-state index contributed by atoms with van der Waals surface area (Å²) in [5.41, 5.74) is 0.0286. The molecule has 2 aliphatic carbocycles. The Morgan fingerprint density at radius 1 is 1.03 bits per heavy atom. The van der Waals surface area contributed by atoms with Gasteiger partial charge >= 0.3 is 18.0 Å². The molecule has 1 aliphatic heterocycles. The fraction of sp³-hybridized carbons (Fsp3) is 0.435. The molecule has 5 rings (SSSR count). The number of hydrogen-bond acceptors (Lipinski definition) is 6. The second-order valence-electron chi connectivity index (χ2n) is 8.53. The summed E-state index contributed by atoms with van der Waals surface area (Å²) in [5, 5.41) is 2.40. The lowest BCUT2D eigenvalue weighted by atomic mass is 9.93. The largest absolute Gasteiger partial charge is 0.468 e. The molecule has 1 amide bonds. The highest BCUT2D eigenvalue weighted by Gasteiger charge is 2.62. The van der Waals surface area contributed by atoms with Crippen molar-refractivity contribution in [3.05, 3.63) is 48.0 Å². The number of ether oxygens (including phenoxy) is 3. The fourth-order valence-corrected chi connectivity index (χ4v) is 4.74. The van der Waals surface area contributed by atoms with Gasteiger partial charge in [0, 0.05) is 18.5 Å². The molecular weight excluding hydrogens is 386 g/mol. The third-order valence-electron chi connectivity index (χ3n) is 6.82. The van der Waals surface area contributed by atoms with Crippen LogP contribution in [0.4, 0.5) is 4.79 Å². The van der Waals surface area contributed by atoms with E-state index in [1.807, 2.05) is 12.1 Å². The second kappa shape index (κ2) is 6.72. The number of amides is 1. The van der Waals surface area contributed by atoms with E-state index in [4.69, 9.17) is 9.47 Å². The first kappa shape index (κ1) is 18.9. The maximum absolute atomic E-state index is 12.5. The Morgan fingerprint density at radius 2 is 1.80 bits per heavy atom. The number of carbonyl (C=O) groups excluding carboxylic acids is 3. The molecule has 3 aliphatic rings. The molecule has 2 atom stereocenters. The van der Waals surface area contributed by atoms with E-state index < -0.39 is 30.2 Å². The van der Waals surface area contributed by atoms with Crippen LogP contribution in [-0.2, 0) is 29.2 Å². The summed E-state index contributed by atoms with van der Waals surface area (Å²) in [6, 6.07) is 14.7. The van der Waals surface area contributed by atoms with Gasteiger partial charge in [-0.15, -0.1) is 0 Å².